The quantitative estimate of drug-likeness (QED) is 0.911. The zero-order chi connectivity index (χ0) is 15.5. The molecule has 0 bridgehead atoms. The van der Waals surface area contributed by atoms with Gasteiger partial charge in [-0.05, 0) is 49.1 Å². The number of benzene rings is 1. The van der Waals surface area contributed by atoms with E-state index in [9.17, 15) is 4.79 Å². The fourth-order valence-corrected chi connectivity index (χ4v) is 2.69. The number of furan rings is 1. The van der Waals surface area contributed by atoms with Crippen molar-refractivity contribution in [1.29, 1.82) is 0 Å². The van der Waals surface area contributed by atoms with Crippen LogP contribution < -0.4 is 16.0 Å². The Bertz CT molecular complexity index is 640. The van der Waals surface area contributed by atoms with E-state index < -0.39 is 0 Å². The Morgan fingerprint density at radius 1 is 1.18 bits per heavy atom. The zero-order valence-electron chi connectivity index (χ0n) is 12.7. The molecular formula is C17H21N3O2. The molecule has 3 rings (SSSR count). The molecule has 0 spiro atoms. The van der Waals surface area contributed by atoms with Crippen LogP contribution in [0.1, 0.15) is 30.3 Å². The molecule has 0 saturated carbocycles. The SMILES string of the molecule is CC1CCN(c2ccc(NC(=O)c3ccc(N)o3)cc2)CC1. The van der Waals surface area contributed by atoms with Crippen LogP contribution in [-0.4, -0.2) is 19.0 Å². The van der Waals surface area contributed by atoms with E-state index in [1.54, 1.807) is 12.1 Å². The molecule has 2 heterocycles. The van der Waals surface area contributed by atoms with Crippen molar-refractivity contribution < 1.29 is 9.21 Å². The van der Waals surface area contributed by atoms with Crippen LogP contribution in [0.2, 0.25) is 0 Å². The van der Waals surface area contributed by atoms with Crippen molar-refractivity contribution in [3.05, 3.63) is 42.2 Å². The number of hydrogen-bond donors (Lipinski definition) is 2. The lowest BCUT2D eigenvalue weighted by atomic mass is 9.99. The molecular weight excluding hydrogens is 278 g/mol. The van der Waals surface area contributed by atoms with Crippen molar-refractivity contribution in [1.82, 2.24) is 0 Å². The Morgan fingerprint density at radius 3 is 2.45 bits per heavy atom. The smallest absolute Gasteiger partial charge is 0.291 e. The first-order valence-electron chi connectivity index (χ1n) is 7.63. The van der Waals surface area contributed by atoms with Gasteiger partial charge in [-0.3, -0.25) is 4.79 Å². The normalized spacial score (nSPS) is 15.8. The molecule has 1 saturated heterocycles. The molecule has 1 aromatic heterocycles. The minimum atomic E-state index is -0.295. The van der Waals surface area contributed by atoms with Gasteiger partial charge < -0.3 is 20.4 Å². The monoisotopic (exact) mass is 299 g/mol. The minimum Gasteiger partial charge on any atom is -0.436 e. The van der Waals surface area contributed by atoms with E-state index in [4.69, 9.17) is 10.2 Å². The van der Waals surface area contributed by atoms with Crippen molar-refractivity contribution in [2.75, 3.05) is 29.0 Å². The van der Waals surface area contributed by atoms with E-state index in [1.807, 2.05) is 24.3 Å². The molecule has 1 fully saturated rings. The Hall–Kier alpha value is -2.43. The van der Waals surface area contributed by atoms with E-state index in [1.165, 1.54) is 18.5 Å². The zero-order valence-corrected chi connectivity index (χ0v) is 12.7. The van der Waals surface area contributed by atoms with E-state index in [-0.39, 0.29) is 17.6 Å². The lowest BCUT2D eigenvalue weighted by molar-refractivity contribution is 0.0997. The van der Waals surface area contributed by atoms with Crippen LogP contribution in [0.4, 0.5) is 17.3 Å². The number of amides is 1. The Kier molecular flexibility index (Phi) is 4.04. The largest absolute Gasteiger partial charge is 0.436 e. The first-order chi connectivity index (χ1) is 10.6. The average Bonchev–Trinajstić information content (AvgIpc) is 2.96. The maximum absolute atomic E-state index is 12.0. The fourth-order valence-electron chi connectivity index (χ4n) is 2.69. The molecule has 116 valence electrons. The molecule has 5 nitrogen and oxygen atoms in total. The summed E-state index contributed by atoms with van der Waals surface area (Å²) in [5.41, 5.74) is 7.42. The number of nitrogens with one attached hydrogen (secondary N) is 1. The fraction of sp³-hybridized carbons (Fsp3) is 0.353. The van der Waals surface area contributed by atoms with Crippen LogP contribution in [0.15, 0.2) is 40.8 Å². The van der Waals surface area contributed by atoms with Gasteiger partial charge in [-0.2, -0.15) is 0 Å². The second-order valence-corrected chi connectivity index (χ2v) is 5.87. The highest BCUT2D eigenvalue weighted by atomic mass is 16.4. The van der Waals surface area contributed by atoms with Crippen molar-refractivity contribution in [3.8, 4) is 0 Å². The van der Waals surface area contributed by atoms with Gasteiger partial charge in [-0.15, -0.1) is 0 Å². The Labute approximate surface area is 130 Å². The van der Waals surface area contributed by atoms with Crippen molar-refractivity contribution in [3.63, 3.8) is 0 Å². The van der Waals surface area contributed by atoms with Crippen LogP contribution in [0, 0.1) is 5.92 Å². The molecule has 22 heavy (non-hydrogen) atoms. The first-order valence-corrected chi connectivity index (χ1v) is 7.63. The number of rotatable bonds is 3. The minimum absolute atomic E-state index is 0.214. The van der Waals surface area contributed by atoms with E-state index in [2.05, 4.69) is 17.1 Å². The number of carbonyl (C=O) groups excluding carboxylic acids is 1. The molecule has 0 atom stereocenters. The predicted molar refractivity (Wildman–Crippen MR) is 88.1 cm³/mol. The second kappa shape index (κ2) is 6.13. The molecule has 1 aliphatic rings. The van der Waals surface area contributed by atoms with Gasteiger partial charge >= 0.3 is 0 Å². The second-order valence-electron chi connectivity index (χ2n) is 5.87. The third-order valence-electron chi connectivity index (χ3n) is 4.12. The number of piperidine rings is 1. The maximum atomic E-state index is 12.0. The lowest BCUT2D eigenvalue weighted by Crippen LogP contribution is -2.32. The summed E-state index contributed by atoms with van der Waals surface area (Å²) < 4.78 is 5.10. The van der Waals surface area contributed by atoms with Crippen LogP contribution in [-0.2, 0) is 0 Å². The van der Waals surface area contributed by atoms with Gasteiger partial charge in [0, 0.05) is 30.5 Å². The highest BCUT2D eigenvalue weighted by Crippen LogP contribution is 2.24. The summed E-state index contributed by atoms with van der Waals surface area (Å²) in [5.74, 6) is 0.971. The Balaban J connectivity index is 1.63. The molecule has 1 amide bonds. The summed E-state index contributed by atoms with van der Waals surface area (Å²) >= 11 is 0. The van der Waals surface area contributed by atoms with Gasteiger partial charge in [0.1, 0.15) is 0 Å². The third kappa shape index (κ3) is 3.24. The van der Waals surface area contributed by atoms with Crippen LogP contribution in [0.5, 0.6) is 0 Å². The Morgan fingerprint density at radius 2 is 1.86 bits per heavy atom. The summed E-state index contributed by atoms with van der Waals surface area (Å²) in [6.07, 6.45) is 2.47. The van der Waals surface area contributed by atoms with Gasteiger partial charge in [0.2, 0.25) is 0 Å². The molecule has 2 aromatic rings. The summed E-state index contributed by atoms with van der Waals surface area (Å²) in [4.78, 5) is 14.4. The van der Waals surface area contributed by atoms with Gasteiger partial charge in [-0.25, -0.2) is 0 Å². The summed E-state index contributed by atoms with van der Waals surface area (Å²) in [6, 6.07) is 11.0. The molecule has 1 aliphatic heterocycles. The number of anilines is 3. The van der Waals surface area contributed by atoms with Crippen molar-refractivity contribution >= 4 is 23.2 Å². The predicted octanol–water partition coefficient (Wildman–Crippen LogP) is 3.35. The van der Waals surface area contributed by atoms with Gasteiger partial charge in [-0.1, -0.05) is 6.92 Å². The summed E-state index contributed by atoms with van der Waals surface area (Å²) in [6.45, 7) is 4.49. The van der Waals surface area contributed by atoms with Gasteiger partial charge in [0.25, 0.3) is 5.91 Å². The first kappa shape index (κ1) is 14.5. The molecule has 0 radical (unpaired) electrons. The van der Waals surface area contributed by atoms with E-state index in [0.29, 0.717) is 0 Å². The standard InChI is InChI=1S/C17H21N3O2/c1-12-8-10-20(11-9-12)14-4-2-13(3-5-14)19-17(21)15-6-7-16(18)22-15/h2-7,12H,8-11,18H2,1H3,(H,19,21). The van der Waals surface area contributed by atoms with Gasteiger partial charge in [0.05, 0.1) is 0 Å². The lowest BCUT2D eigenvalue weighted by Gasteiger charge is -2.32. The van der Waals surface area contributed by atoms with Crippen LogP contribution >= 0.6 is 0 Å². The molecule has 3 N–H and O–H groups in total. The average molecular weight is 299 g/mol. The summed E-state index contributed by atoms with van der Waals surface area (Å²) in [7, 11) is 0. The van der Waals surface area contributed by atoms with Crippen molar-refractivity contribution in [2.45, 2.75) is 19.8 Å². The number of nitrogens with two attached hydrogens (primary N) is 1. The molecule has 5 heteroatoms. The topological polar surface area (TPSA) is 71.5 Å². The summed E-state index contributed by atoms with van der Waals surface area (Å²) in [5, 5.41) is 2.80. The number of hydrogen-bond acceptors (Lipinski definition) is 4. The van der Waals surface area contributed by atoms with Crippen LogP contribution in [0.25, 0.3) is 0 Å². The molecule has 0 aliphatic carbocycles. The maximum Gasteiger partial charge on any atom is 0.291 e. The highest BCUT2D eigenvalue weighted by molar-refractivity contribution is 6.02. The number of nitrogen functional groups attached to an aromatic ring is 1. The molecule has 1 aromatic carbocycles. The van der Waals surface area contributed by atoms with E-state index in [0.717, 1.165) is 24.7 Å². The number of carbonyl (C=O) groups is 1. The molecule has 0 unspecified atom stereocenters. The number of nitrogens with zero attached hydrogens (tertiary/aromatic N) is 1. The third-order valence-corrected chi connectivity index (χ3v) is 4.12. The van der Waals surface area contributed by atoms with E-state index >= 15 is 0 Å². The van der Waals surface area contributed by atoms with Crippen LogP contribution in [0.3, 0.4) is 0 Å². The van der Waals surface area contributed by atoms with Gasteiger partial charge in [0.15, 0.2) is 11.6 Å². The highest BCUT2D eigenvalue weighted by Gasteiger charge is 2.16. The van der Waals surface area contributed by atoms with Crippen molar-refractivity contribution in [2.24, 2.45) is 5.92 Å².